The molecule has 3 N–H and O–H groups in total. The summed E-state index contributed by atoms with van der Waals surface area (Å²) >= 11 is 0. The van der Waals surface area contributed by atoms with Gasteiger partial charge in [0.25, 0.3) is 11.5 Å². The van der Waals surface area contributed by atoms with Gasteiger partial charge in [0.05, 0.1) is 6.54 Å². The summed E-state index contributed by atoms with van der Waals surface area (Å²) in [5.41, 5.74) is -1.49. The Balaban J connectivity index is 2.14. The van der Waals surface area contributed by atoms with Crippen LogP contribution < -0.4 is 16.6 Å². The van der Waals surface area contributed by atoms with Crippen molar-refractivity contribution < 1.29 is 19.8 Å². The third-order valence-corrected chi connectivity index (χ3v) is 5.10. The first kappa shape index (κ1) is 20.4. The summed E-state index contributed by atoms with van der Waals surface area (Å²) in [5, 5.41) is 21.5. The number of aliphatic carboxylic acids is 1. The van der Waals surface area contributed by atoms with Crippen LogP contribution in [0, 0.1) is 0 Å². The van der Waals surface area contributed by atoms with Crippen LogP contribution in [0.2, 0.25) is 0 Å². The summed E-state index contributed by atoms with van der Waals surface area (Å²) < 4.78 is 2.03. The lowest BCUT2D eigenvalue weighted by atomic mass is 9.95. The molecule has 0 radical (unpaired) electrons. The van der Waals surface area contributed by atoms with Crippen LogP contribution in [0.25, 0.3) is 0 Å². The van der Waals surface area contributed by atoms with Crippen molar-refractivity contribution in [3.8, 4) is 5.88 Å². The number of carbonyl (C=O) groups excluding carboxylic acids is 1. The molecule has 0 saturated heterocycles. The van der Waals surface area contributed by atoms with Crippen LogP contribution >= 0.6 is 0 Å². The van der Waals surface area contributed by atoms with Gasteiger partial charge in [-0.2, -0.15) is 0 Å². The van der Waals surface area contributed by atoms with Gasteiger partial charge in [-0.05, 0) is 18.4 Å². The van der Waals surface area contributed by atoms with E-state index >= 15 is 0 Å². The van der Waals surface area contributed by atoms with Crippen molar-refractivity contribution >= 4 is 11.9 Å². The lowest BCUT2D eigenvalue weighted by Gasteiger charge is -2.25. The minimum absolute atomic E-state index is 0.0300. The number of hydrogen-bond donors (Lipinski definition) is 3. The molecule has 0 atom stereocenters. The lowest BCUT2D eigenvalue weighted by Crippen LogP contribution is -2.47. The number of nitrogens with zero attached hydrogens (tertiary/aromatic N) is 2. The van der Waals surface area contributed by atoms with Crippen LogP contribution in [-0.2, 0) is 11.3 Å². The molecule has 154 valence electrons. The molecule has 1 aliphatic carbocycles. The number of carboxylic acids is 1. The van der Waals surface area contributed by atoms with Crippen molar-refractivity contribution in [3.05, 3.63) is 62.3 Å². The minimum Gasteiger partial charge on any atom is -0.494 e. The molecular weight excluding hydrogens is 378 g/mol. The summed E-state index contributed by atoms with van der Waals surface area (Å²) in [6.45, 7) is -0.739. The molecule has 1 aromatic heterocycles. The molecule has 1 aliphatic rings. The number of amides is 1. The molecule has 9 heteroatoms. The van der Waals surface area contributed by atoms with Gasteiger partial charge in [-0.25, -0.2) is 4.79 Å². The average molecular weight is 401 g/mol. The number of rotatable bonds is 6. The largest absolute Gasteiger partial charge is 0.494 e. The van der Waals surface area contributed by atoms with E-state index in [9.17, 15) is 24.3 Å². The van der Waals surface area contributed by atoms with Gasteiger partial charge in [0.1, 0.15) is 6.54 Å². The Kier molecular flexibility index (Phi) is 6.16. The monoisotopic (exact) mass is 401 g/mol. The first-order valence-corrected chi connectivity index (χ1v) is 9.52. The van der Waals surface area contributed by atoms with Crippen molar-refractivity contribution in [2.45, 2.75) is 44.7 Å². The fourth-order valence-electron chi connectivity index (χ4n) is 3.67. The number of hydrogen-bond acceptors (Lipinski definition) is 5. The molecule has 0 aliphatic heterocycles. The van der Waals surface area contributed by atoms with Gasteiger partial charge in [0, 0.05) is 6.04 Å². The number of carbonyl (C=O) groups is 2. The number of carboxylic acid groups (broad SMARTS) is 1. The Hall–Kier alpha value is -3.36. The first-order chi connectivity index (χ1) is 13.9. The molecule has 1 amide bonds. The summed E-state index contributed by atoms with van der Waals surface area (Å²) in [6.07, 6.45) is 3.98. The molecule has 1 aromatic carbocycles. The van der Waals surface area contributed by atoms with Crippen molar-refractivity contribution in [1.29, 1.82) is 0 Å². The molecule has 0 unspecified atom stereocenters. The van der Waals surface area contributed by atoms with E-state index in [2.05, 4.69) is 5.32 Å². The van der Waals surface area contributed by atoms with Crippen molar-refractivity contribution in [3.63, 3.8) is 0 Å². The smallest absolute Gasteiger partial charge is 0.334 e. The third-order valence-electron chi connectivity index (χ3n) is 5.10. The Morgan fingerprint density at radius 3 is 2.34 bits per heavy atom. The van der Waals surface area contributed by atoms with Gasteiger partial charge in [-0.3, -0.25) is 23.5 Å². The molecule has 3 rings (SSSR count). The van der Waals surface area contributed by atoms with Gasteiger partial charge in [0.15, 0.2) is 5.56 Å². The van der Waals surface area contributed by atoms with Crippen molar-refractivity contribution in [2.24, 2.45) is 0 Å². The number of benzene rings is 1. The van der Waals surface area contributed by atoms with Crippen molar-refractivity contribution in [1.82, 2.24) is 14.5 Å². The molecule has 9 nitrogen and oxygen atoms in total. The van der Waals surface area contributed by atoms with E-state index in [1.54, 1.807) is 30.3 Å². The van der Waals surface area contributed by atoms with E-state index in [0.717, 1.165) is 28.4 Å². The second-order valence-electron chi connectivity index (χ2n) is 7.10. The zero-order valence-corrected chi connectivity index (χ0v) is 15.8. The van der Waals surface area contributed by atoms with Crippen LogP contribution in [0.4, 0.5) is 0 Å². The van der Waals surface area contributed by atoms with E-state index < -0.39 is 41.1 Å². The zero-order chi connectivity index (χ0) is 21.0. The van der Waals surface area contributed by atoms with Gasteiger partial charge < -0.3 is 15.5 Å². The molecule has 1 saturated carbocycles. The standard InChI is InChI=1S/C20H23N3O6/c24-15(25)11-21-17(26)16-18(27)22(12-13-7-3-1-4-8-13)20(29)23(19(16)28)14-9-5-2-6-10-14/h1,3-4,7-8,14,27H,2,5-6,9-12H2,(H,21,26)(H,24,25). The predicted molar refractivity (Wildman–Crippen MR) is 104 cm³/mol. The van der Waals surface area contributed by atoms with E-state index in [1.165, 1.54) is 0 Å². The minimum atomic E-state index is -1.29. The van der Waals surface area contributed by atoms with E-state index in [4.69, 9.17) is 5.11 Å². The molecule has 1 heterocycles. The molecule has 0 spiro atoms. The van der Waals surface area contributed by atoms with E-state index in [0.29, 0.717) is 18.4 Å². The lowest BCUT2D eigenvalue weighted by molar-refractivity contribution is -0.135. The normalized spacial score (nSPS) is 14.5. The molecule has 0 bridgehead atoms. The zero-order valence-electron chi connectivity index (χ0n) is 15.8. The average Bonchev–Trinajstić information content (AvgIpc) is 2.71. The van der Waals surface area contributed by atoms with Crippen molar-refractivity contribution in [2.75, 3.05) is 6.54 Å². The fraction of sp³-hybridized carbons (Fsp3) is 0.400. The maximum Gasteiger partial charge on any atom is 0.334 e. The topological polar surface area (TPSA) is 131 Å². The van der Waals surface area contributed by atoms with Crippen LogP contribution in [0.5, 0.6) is 5.88 Å². The van der Waals surface area contributed by atoms with Crippen LogP contribution in [0.15, 0.2) is 39.9 Å². The van der Waals surface area contributed by atoms with Crippen LogP contribution in [-0.4, -0.2) is 37.8 Å². The maximum atomic E-state index is 13.1. The summed E-state index contributed by atoms with van der Waals surface area (Å²) in [7, 11) is 0. The summed E-state index contributed by atoms with van der Waals surface area (Å²) in [6, 6.07) is 8.50. The highest BCUT2D eigenvalue weighted by Gasteiger charge is 2.28. The SMILES string of the molecule is O=C(O)CNC(=O)c1c(O)n(Cc2ccccc2)c(=O)n(C2CCCCC2)c1=O. The predicted octanol–water partition coefficient (Wildman–Crippen LogP) is 1.08. The van der Waals surface area contributed by atoms with Gasteiger partial charge in [0.2, 0.25) is 5.88 Å². The molecule has 29 heavy (non-hydrogen) atoms. The van der Waals surface area contributed by atoms with Gasteiger partial charge in [-0.15, -0.1) is 0 Å². The highest BCUT2D eigenvalue weighted by atomic mass is 16.4. The second-order valence-corrected chi connectivity index (χ2v) is 7.10. The van der Waals surface area contributed by atoms with Gasteiger partial charge in [-0.1, -0.05) is 49.6 Å². The highest BCUT2D eigenvalue weighted by Crippen LogP contribution is 2.26. The Bertz CT molecular complexity index is 1020. The van der Waals surface area contributed by atoms with Crippen LogP contribution in [0.3, 0.4) is 0 Å². The van der Waals surface area contributed by atoms with Gasteiger partial charge >= 0.3 is 11.7 Å². The fourth-order valence-corrected chi connectivity index (χ4v) is 3.67. The van der Waals surface area contributed by atoms with E-state index in [1.807, 2.05) is 0 Å². The molecular formula is C20H23N3O6. The van der Waals surface area contributed by atoms with E-state index in [-0.39, 0.29) is 12.6 Å². The molecule has 2 aromatic rings. The summed E-state index contributed by atoms with van der Waals surface area (Å²) in [4.78, 5) is 49.3. The first-order valence-electron chi connectivity index (χ1n) is 9.52. The Labute approximate surface area is 166 Å². The maximum absolute atomic E-state index is 13.1. The highest BCUT2D eigenvalue weighted by molar-refractivity contribution is 5.97. The third kappa shape index (κ3) is 4.39. The summed E-state index contributed by atoms with van der Waals surface area (Å²) in [5.74, 6) is -3.08. The second kappa shape index (κ2) is 8.76. The number of aromatic hydroxyl groups is 1. The Morgan fingerprint density at radius 2 is 1.72 bits per heavy atom. The number of aromatic nitrogens is 2. The Morgan fingerprint density at radius 1 is 1.07 bits per heavy atom. The molecule has 1 fully saturated rings. The number of nitrogens with one attached hydrogen (secondary N) is 1. The van der Waals surface area contributed by atoms with Crippen LogP contribution in [0.1, 0.15) is 54.1 Å². The quantitative estimate of drug-likeness (QED) is 0.664.